The number of rotatable bonds is 7. The van der Waals surface area contributed by atoms with E-state index in [4.69, 9.17) is 5.11 Å². The van der Waals surface area contributed by atoms with Crippen LogP contribution in [-0.2, 0) is 4.79 Å². The summed E-state index contributed by atoms with van der Waals surface area (Å²) in [6.45, 7) is 1.97. The number of hydrogen-bond donors (Lipinski definition) is 3. The van der Waals surface area contributed by atoms with E-state index in [2.05, 4.69) is 15.5 Å². The minimum absolute atomic E-state index is 0.196. The molecule has 0 aliphatic carbocycles. The monoisotopic (exact) mass is 307 g/mol. The number of nitrogens with one attached hydrogen (secondary N) is 2. The van der Waals surface area contributed by atoms with Crippen molar-refractivity contribution in [2.75, 3.05) is 0 Å². The van der Waals surface area contributed by atoms with E-state index in [1.807, 2.05) is 24.4 Å². The van der Waals surface area contributed by atoms with Crippen LogP contribution in [-0.4, -0.2) is 33.2 Å². The van der Waals surface area contributed by atoms with Crippen molar-refractivity contribution in [2.45, 2.75) is 32.2 Å². The van der Waals surface area contributed by atoms with Crippen molar-refractivity contribution in [1.29, 1.82) is 0 Å². The predicted octanol–water partition coefficient (Wildman–Crippen LogP) is 2.51. The Hall–Kier alpha value is -2.15. The molecule has 1 unspecified atom stereocenters. The van der Waals surface area contributed by atoms with Gasteiger partial charge >= 0.3 is 5.97 Å². The Kier molecular flexibility index (Phi) is 5.10. The van der Waals surface area contributed by atoms with Crippen LogP contribution in [0.4, 0.5) is 0 Å². The normalized spacial score (nSPS) is 12.0. The molecule has 7 heteroatoms. The zero-order valence-electron chi connectivity index (χ0n) is 11.6. The number of carbonyl (C=O) groups excluding carboxylic acids is 1. The lowest BCUT2D eigenvalue weighted by molar-refractivity contribution is -0.139. The van der Waals surface area contributed by atoms with Gasteiger partial charge in [-0.15, -0.1) is 11.3 Å². The maximum atomic E-state index is 12.1. The minimum atomic E-state index is -1.02. The standard InChI is InChI=1S/C14H17N3O3S/c1-2-3-5-9(14(19)20)15-13(18)11-8-10(16-17-11)12-6-4-7-21-12/h4,6-9H,2-3,5H2,1H3,(H,15,18)(H,16,17)(H,19,20). The van der Waals surface area contributed by atoms with Crippen molar-refractivity contribution in [3.05, 3.63) is 29.3 Å². The smallest absolute Gasteiger partial charge is 0.326 e. The minimum Gasteiger partial charge on any atom is -0.480 e. The zero-order chi connectivity index (χ0) is 15.2. The number of carbonyl (C=O) groups is 2. The predicted molar refractivity (Wildman–Crippen MR) is 80.3 cm³/mol. The SMILES string of the molecule is CCCCC(NC(=O)c1cc(-c2cccs2)[nH]n1)C(=O)O. The largest absolute Gasteiger partial charge is 0.480 e. The average molecular weight is 307 g/mol. The summed E-state index contributed by atoms with van der Waals surface area (Å²) in [6, 6.07) is 4.58. The molecule has 2 aromatic rings. The van der Waals surface area contributed by atoms with Gasteiger partial charge in [0.25, 0.3) is 5.91 Å². The summed E-state index contributed by atoms with van der Waals surface area (Å²) in [5.41, 5.74) is 0.941. The van der Waals surface area contributed by atoms with Crippen LogP contribution in [0.15, 0.2) is 23.6 Å². The van der Waals surface area contributed by atoms with Crippen LogP contribution in [0.1, 0.15) is 36.7 Å². The highest BCUT2D eigenvalue weighted by Crippen LogP contribution is 2.22. The molecule has 1 amide bonds. The van der Waals surface area contributed by atoms with Gasteiger partial charge in [-0.3, -0.25) is 9.89 Å². The van der Waals surface area contributed by atoms with Gasteiger partial charge in [0.2, 0.25) is 0 Å². The number of carboxylic acid groups (broad SMARTS) is 1. The number of aliphatic carboxylic acids is 1. The van der Waals surface area contributed by atoms with Crippen molar-refractivity contribution >= 4 is 23.2 Å². The van der Waals surface area contributed by atoms with E-state index in [1.165, 1.54) is 11.3 Å². The number of nitrogens with zero attached hydrogens (tertiary/aromatic N) is 1. The molecular formula is C14H17N3O3S. The number of amides is 1. The number of hydrogen-bond acceptors (Lipinski definition) is 4. The van der Waals surface area contributed by atoms with E-state index in [1.54, 1.807) is 6.07 Å². The number of aromatic amines is 1. The summed E-state index contributed by atoms with van der Waals surface area (Å²) in [6.07, 6.45) is 2.04. The first kappa shape index (κ1) is 15.2. The van der Waals surface area contributed by atoms with Gasteiger partial charge in [0.1, 0.15) is 6.04 Å². The molecule has 0 fully saturated rings. The van der Waals surface area contributed by atoms with Crippen molar-refractivity contribution in [1.82, 2.24) is 15.5 Å². The molecule has 0 aromatic carbocycles. The van der Waals surface area contributed by atoms with Crippen molar-refractivity contribution in [3.8, 4) is 10.6 Å². The Labute approximate surface area is 126 Å². The molecule has 0 radical (unpaired) electrons. The molecule has 2 heterocycles. The summed E-state index contributed by atoms with van der Waals surface area (Å²) in [5, 5.41) is 20.3. The van der Waals surface area contributed by atoms with Crippen molar-refractivity contribution in [3.63, 3.8) is 0 Å². The summed E-state index contributed by atoms with van der Waals surface area (Å²) >= 11 is 1.53. The maximum absolute atomic E-state index is 12.1. The third-order valence-corrected chi connectivity index (χ3v) is 3.95. The van der Waals surface area contributed by atoms with Gasteiger partial charge in [-0.05, 0) is 23.9 Å². The van der Waals surface area contributed by atoms with Gasteiger partial charge < -0.3 is 10.4 Å². The first-order chi connectivity index (χ1) is 10.1. The fourth-order valence-corrected chi connectivity index (χ4v) is 2.59. The molecule has 0 spiro atoms. The molecule has 21 heavy (non-hydrogen) atoms. The fourth-order valence-electron chi connectivity index (χ4n) is 1.89. The molecule has 112 valence electrons. The molecular weight excluding hydrogens is 290 g/mol. The van der Waals surface area contributed by atoms with Gasteiger partial charge in [-0.2, -0.15) is 5.10 Å². The van der Waals surface area contributed by atoms with Gasteiger partial charge in [0.15, 0.2) is 5.69 Å². The Morgan fingerprint density at radius 1 is 1.52 bits per heavy atom. The topological polar surface area (TPSA) is 95.1 Å². The van der Waals surface area contributed by atoms with Crippen molar-refractivity contribution < 1.29 is 14.7 Å². The van der Waals surface area contributed by atoms with Gasteiger partial charge in [-0.25, -0.2) is 4.79 Å². The molecule has 0 saturated carbocycles. The molecule has 2 aromatic heterocycles. The highest BCUT2D eigenvalue weighted by molar-refractivity contribution is 7.13. The maximum Gasteiger partial charge on any atom is 0.326 e. The fraction of sp³-hybridized carbons (Fsp3) is 0.357. The highest BCUT2D eigenvalue weighted by atomic mass is 32.1. The Bertz CT molecular complexity index is 607. The van der Waals surface area contributed by atoms with Crippen LogP contribution in [0.2, 0.25) is 0 Å². The second kappa shape index (κ2) is 7.03. The summed E-state index contributed by atoms with van der Waals surface area (Å²) < 4.78 is 0. The van der Waals surface area contributed by atoms with E-state index < -0.39 is 17.9 Å². The first-order valence-electron chi connectivity index (χ1n) is 6.74. The lowest BCUT2D eigenvalue weighted by atomic mass is 10.1. The molecule has 0 aliphatic rings. The van der Waals surface area contributed by atoms with E-state index in [0.717, 1.165) is 23.4 Å². The zero-order valence-corrected chi connectivity index (χ0v) is 12.4. The van der Waals surface area contributed by atoms with Gasteiger partial charge in [0.05, 0.1) is 10.6 Å². The van der Waals surface area contributed by atoms with Crippen LogP contribution in [0.25, 0.3) is 10.6 Å². The average Bonchev–Trinajstić information content (AvgIpc) is 3.12. The van der Waals surface area contributed by atoms with Gasteiger partial charge in [-0.1, -0.05) is 25.8 Å². The Morgan fingerprint density at radius 3 is 2.95 bits per heavy atom. The summed E-state index contributed by atoms with van der Waals surface area (Å²) in [5.74, 6) is -1.50. The second-order valence-electron chi connectivity index (χ2n) is 4.65. The second-order valence-corrected chi connectivity index (χ2v) is 5.60. The van der Waals surface area contributed by atoms with E-state index in [9.17, 15) is 9.59 Å². The van der Waals surface area contributed by atoms with E-state index in [0.29, 0.717) is 6.42 Å². The van der Waals surface area contributed by atoms with E-state index >= 15 is 0 Å². The van der Waals surface area contributed by atoms with Gasteiger partial charge in [0, 0.05) is 0 Å². The Balaban J connectivity index is 2.04. The Morgan fingerprint density at radius 2 is 2.33 bits per heavy atom. The lowest BCUT2D eigenvalue weighted by Gasteiger charge is -2.12. The highest BCUT2D eigenvalue weighted by Gasteiger charge is 2.21. The third kappa shape index (κ3) is 3.91. The van der Waals surface area contributed by atoms with Crippen molar-refractivity contribution in [2.24, 2.45) is 0 Å². The first-order valence-corrected chi connectivity index (χ1v) is 7.62. The summed E-state index contributed by atoms with van der Waals surface area (Å²) in [4.78, 5) is 24.1. The van der Waals surface area contributed by atoms with Crippen LogP contribution < -0.4 is 5.32 Å². The molecule has 2 rings (SSSR count). The molecule has 6 nitrogen and oxygen atoms in total. The number of thiophene rings is 1. The molecule has 1 atom stereocenters. The third-order valence-electron chi connectivity index (χ3n) is 3.05. The van der Waals surface area contributed by atoms with Crippen LogP contribution in [0.3, 0.4) is 0 Å². The number of unbranched alkanes of at least 4 members (excludes halogenated alkanes) is 1. The molecule has 0 bridgehead atoms. The van der Waals surface area contributed by atoms with Crippen LogP contribution in [0.5, 0.6) is 0 Å². The molecule has 0 aliphatic heterocycles. The van der Waals surface area contributed by atoms with E-state index in [-0.39, 0.29) is 5.69 Å². The van der Waals surface area contributed by atoms with Crippen LogP contribution >= 0.6 is 11.3 Å². The van der Waals surface area contributed by atoms with Crippen LogP contribution in [0, 0.1) is 0 Å². The molecule has 0 saturated heterocycles. The molecule has 3 N–H and O–H groups in total. The number of H-pyrrole nitrogens is 1. The summed E-state index contributed by atoms with van der Waals surface area (Å²) in [7, 11) is 0. The number of aromatic nitrogens is 2. The number of carboxylic acids is 1. The quantitative estimate of drug-likeness (QED) is 0.732. The lowest BCUT2D eigenvalue weighted by Crippen LogP contribution is -2.40.